The maximum absolute atomic E-state index is 11.4. The molecule has 0 bridgehead atoms. The van der Waals surface area contributed by atoms with Gasteiger partial charge in [0.1, 0.15) is 0 Å². The van der Waals surface area contributed by atoms with Crippen LogP contribution in [0.15, 0.2) is 30.5 Å². The largest absolute Gasteiger partial charge is 1.00 e. The number of ether oxygens (including phenoxy) is 1. The van der Waals surface area contributed by atoms with Gasteiger partial charge in [-0.05, 0) is 25.1 Å². The van der Waals surface area contributed by atoms with E-state index in [1.165, 1.54) is 12.3 Å². The SMILES string of the molecule is CCOC(=O)C(=O)C=C([O-])c1ccccn1.[Li+]. The first kappa shape index (κ1) is 15.4. The van der Waals surface area contributed by atoms with Gasteiger partial charge in [0.2, 0.25) is 0 Å². The van der Waals surface area contributed by atoms with Gasteiger partial charge in [-0.3, -0.25) is 9.78 Å². The number of ketones is 1. The second-order valence-corrected chi connectivity index (χ2v) is 2.81. The molecule has 0 radical (unpaired) electrons. The molecule has 0 unspecified atom stereocenters. The van der Waals surface area contributed by atoms with Crippen LogP contribution in [0.1, 0.15) is 12.6 Å². The summed E-state index contributed by atoms with van der Waals surface area (Å²) in [6.07, 6.45) is 2.11. The summed E-state index contributed by atoms with van der Waals surface area (Å²) in [6, 6.07) is 4.71. The Kier molecular flexibility index (Phi) is 6.95. The number of carbonyl (C=O) groups excluding carboxylic acids is 2. The Morgan fingerprint density at radius 2 is 2.18 bits per heavy atom. The van der Waals surface area contributed by atoms with Crippen LogP contribution in [0.3, 0.4) is 0 Å². The van der Waals surface area contributed by atoms with E-state index >= 15 is 0 Å². The molecule has 0 aliphatic carbocycles. The van der Waals surface area contributed by atoms with Crippen molar-refractivity contribution in [1.29, 1.82) is 0 Å². The quantitative estimate of drug-likeness (QED) is 0.179. The van der Waals surface area contributed by atoms with Gasteiger partial charge in [0.25, 0.3) is 5.78 Å². The van der Waals surface area contributed by atoms with Crippen molar-refractivity contribution < 1.29 is 38.3 Å². The van der Waals surface area contributed by atoms with Crippen molar-refractivity contribution in [2.24, 2.45) is 0 Å². The van der Waals surface area contributed by atoms with Gasteiger partial charge < -0.3 is 9.84 Å². The first-order valence-electron chi connectivity index (χ1n) is 4.66. The molecule has 0 fully saturated rings. The smallest absolute Gasteiger partial charge is 0.871 e. The molecule has 17 heavy (non-hydrogen) atoms. The van der Waals surface area contributed by atoms with E-state index in [4.69, 9.17) is 0 Å². The van der Waals surface area contributed by atoms with Crippen molar-refractivity contribution in [3.05, 3.63) is 36.2 Å². The molecule has 0 atom stereocenters. The van der Waals surface area contributed by atoms with Gasteiger partial charge >= 0.3 is 24.8 Å². The van der Waals surface area contributed by atoms with Crippen molar-refractivity contribution in [3.8, 4) is 0 Å². The molecule has 1 rings (SSSR count). The summed E-state index contributed by atoms with van der Waals surface area (Å²) in [7, 11) is 0. The summed E-state index contributed by atoms with van der Waals surface area (Å²) < 4.78 is 4.45. The third-order valence-corrected chi connectivity index (χ3v) is 1.66. The van der Waals surface area contributed by atoms with E-state index in [-0.39, 0.29) is 31.2 Å². The topological polar surface area (TPSA) is 79.3 Å². The number of aromatic nitrogens is 1. The van der Waals surface area contributed by atoms with Gasteiger partial charge in [-0.1, -0.05) is 11.8 Å². The van der Waals surface area contributed by atoms with Crippen LogP contribution in [0.5, 0.6) is 0 Å². The second-order valence-electron chi connectivity index (χ2n) is 2.81. The molecule has 1 aromatic heterocycles. The molecule has 1 aromatic rings. The third-order valence-electron chi connectivity index (χ3n) is 1.66. The maximum atomic E-state index is 11.4. The van der Waals surface area contributed by atoms with Crippen molar-refractivity contribution in [2.45, 2.75) is 6.92 Å². The van der Waals surface area contributed by atoms with Crippen LogP contribution < -0.4 is 24.0 Å². The van der Waals surface area contributed by atoms with Gasteiger partial charge in [-0.2, -0.15) is 0 Å². The minimum atomic E-state index is -1.04. The first-order valence-corrected chi connectivity index (χ1v) is 4.66. The predicted octanol–water partition coefficient (Wildman–Crippen LogP) is -3.08. The van der Waals surface area contributed by atoms with Gasteiger partial charge in [0, 0.05) is 6.20 Å². The van der Waals surface area contributed by atoms with Crippen LogP contribution in [0.2, 0.25) is 0 Å². The van der Waals surface area contributed by atoms with Crippen LogP contribution in [0.4, 0.5) is 0 Å². The molecule has 5 nitrogen and oxygen atoms in total. The number of pyridine rings is 1. The molecule has 1 heterocycles. The number of nitrogens with zero attached hydrogens (tertiary/aromatic N) is 1. The van der Waals surface area contributed by atoms with Gasteiger partial charge in [-0.25, -0.2) is 4.79 Å². The molecule has 0 spiro atoms. The van der Waals surface area contributed by atoms with Crippen molar-refractivity contribution in [2.75, 3.05) is 6.61 Å². The van der Waals surface area contributed by atoms with Crippen LogP contribution >= 0.6 is 0 Å². The van der Waals surface area contributed by atoms with E-state index in [2.05, 4.69) is 9.72 Å². The Morgan fingerprint density at radius 1 is 1.47 bits per heavy atom. The van der Waals surface area contributed by atoms with Crippen LogP contribution in [-0.4, -0.2) is 23.3 Å². The maximum Gasteiger partial charge on any atom is 1.00 e. The zero-order valence-electron chi connectivity index (χ0n) is 9.67. The first-order chi connectivity index (χ1) is 7.65. The summed E-state index contributed by atoms with van der Waals surface area (Å²) in [5.74, 6) is -2.62. The summed E-state index contributed by atoms with van der Waals surface area (Å²) in [5, 5.41) is 11.4. The Bertz CT molecular complexity index is 417. The molecule has 0 aliphatic heterocycles. The van der Waals surface area contributed by atoms with Gasteiger partial charge in [0.05, 0.1) is 12.3 Å². The van der Waals surface area contributed by atoms with E-state index in [0.29, 0.717) is 6.08 Å². The number of carbonyl (C=O) groups is 2. The van der Waals surface area contributed by atoms with Crippen LogP contribution in [-0.2, 0) is 14.3 Å². The van der Waals surface area contributed by atoms with Crippen LogP contribution in [0.25, 0.3) is 5.76 Å². The molecule has 0 saturated carbocycles. The standard InChI is InChI=1S/C11H11NO4.Li/c1-2-16-11(15)10(14)7-9(13)8-5-3-4-6-12-8;/h3-7,13H,2H2,1H3;/q;+1/p-1. The summed E-state index contributed by atoms with van der Waals surface area (Å²) in [4.78, 5) is 25.8. The molecular formula is C11H10LiNO4. The minimum absolute atomic E-state index is 0. The monoisotopic (exact) mass is 227 g/mol. The fraction of sp³-hybridized carbons (Fsp3) is 0.182. The Balaban J connectivity index is 0.00000256. The fourth-order valence-corrected chi connectivity index (χ4v) is 0.963. The number of rotatable bonds is 4. The van der Waals surface area contributed by atoms with E-state index in [0.717, 1.165) is 0 Å². The molecule has 0 aliphatic rings. The molecular weight excluding hydrogens is 217 g/mol. The molecule has 0 N–H and O–H groups in total. The van der Waals surface area contributed by atoms with Gasteiger partial charge in [-0.15, -0.1) is 0 Å². The van der Waals surface area contributed by atoms with E-state index in [9.17, 15) is 14.7 Å². The summed E-state index contributed by atoms with van der Waals surface area (Å²) >= 11 is 0. The summed E-state index contributed by atoms with van der Waals surface area (Å²) in [6.45, 7) is 1.67. The zero-order valence-corrected chi connectivity index (χ0v) is 9.67. The van der Waals surface area contributed by atoms with E-state index in [1.807, 2.05) is 0 Å². The van der Waals surface area contributed by atoms with E-state index in [1.54, 1.807) is 19.1 Å². The molecule has 84 valence electrons. The van der Waals surface area contributed by atoms with E-state index < -0.39 is 17.5 Å². The molecule has 0 aromatic carbocycles. The molecule has 6 heteroatoms. The summed E-state index contributed by atoms with van der Waals surface area (Å²) in [5.41, 5.74) is 0.111. The molecule has 0 saturated heterocycles. The second kappa shape index (κ2) is 7.66. The number of esters is 1. The number of hydrogen-bond acceptors (Lipinski definition) is 5. The van der Waals surface area contributed by atoms with Crippen molar-refractivity contribution in [1.82, 2.24) is 4.98 Å². The van der Waals surface area contributed by atoms with Crippen molar-refractivity contribution in [3.63, 3.8) is 0 Å². The fourth-order valence-electron chi connectivity index (χ4n) is 0.963. The Hall–Kier alpha value is -1.57. The third kappa shape index (κ3) is 4.85. The predicted molar refractivity (Wildman–Crippen MR) is 53.9 cm³/mol. The minimum Gasteiger partial charge on any atom is -0.871 e. The Labute approximate surface area is 111 Å². The molecule has 0 amide bonds. The Morgan fingerprint density at radius 3 is 2.71 bits per heavy atom. The zero-order chi connectivity index (χ0) is 12.0. The average Bonchev–Trinajstić information content (AvgIpc) is 2.30. The number of hydrogen-bond donors (Lipinski definition) is 0. The van der Waals surface area contributed by atoms with Crippen LogP contribution in [0, 0.1) is 0 Å². The van der Waals surface area contributed by atoms with Gasteiger partial charge in [0.15, 0.2) is 0 Å². The van der Waals surface area contributed by atoms with Crippen molar-refractivity contribution >= 4 is 17.5 Å². The normalized spacial score (nSPS) is 10.3. The average molecular weight is 227 g/mol.